The summed E-state index contributed by atoms with van der Waals surface area (Å²) in [5.41, 5.74) is 6.68. The lowest BCUT2D eigenvalue weighted by molar-refractivity contribution is 0.211. The molecule has 1 atom stereocenters. The number of hydrogen-bond acceptors (Lipinski definition) is 2. The molecular weight excluding hydrogens is 251 g/mol. The van der Waals surface area contributed by atoms with Gasteiger partial charge in [-0.15, -0.1) is 0 Å². The summed E-state index contributed by atoms with van der Waals surface area (Å²) in [6.07, 6.45) is 3.26. The number of nitrogens with zero attached hydrogens (tertiary/aromatic N) is 1. The van der Waals surface area contributed by atoms with E-state index in [0.29, 0.717) is 11.6 Å². The van der Waals surface area contributed by atoms with Crippen molar-refractivity contribution in [3.63, 3.8) is 0 Å². The zero-order chi connectivity index (χ0) is 15.2. The molecule has 0 radical (unpaired) electrons. The summed E-state index contributed by atoms with van der Waals surface area (Å²) in [6.45, 7) is 8.43. The Morgan fingerprint density at radius 2 is 1.85 bits per heavy atom. The summed E-state index contributed by atoms with van der Waals surface area (Å²) in [5.74, 6) is 0.478. The molecule has 0 heterocycles. The van der Waals surface area contributed by atoms with Crippen molar-refractivity contribution in [1.82, 2.24) is 0 Å². The van der Waals surface area contributed by atoms with E-state index in [-0.39, 0.29) is 11.2 Å². The number of rotatable bonds is 7. The normalized spacial score (nSPS) is 13.3. The third kappa shape index (κ3) is 5.12. The smallest absolute Gasteiger partial charge is 0.146 e. The van der Waals surface area contributed by atoms with Crippen LogP contribution in [0.3, 0.4) is 0 Å². The molecule has 0 amide bonds. The van der Waals surface area contributed by atoms with Gasteiger partial charge in [0.05, 0.1) is 5.69 Å². The second-order valence-corrected chi connectivity index (χ2v) is 6.66. The van der Waals surface area contributed by atoms with Crippen molar-refractivity contribution in [2.75, 3.05) is 25.0 Å². The van der Waals surface area contributed by atoms with Crippen LogP contribution >= 0.6 is 0 Å². The zero-order valence-electron chi connectivity index (χ0n) is 13.3. The van der Waals surface area contributed by atoms with Gasteiger partial charge < -0.3 is 10.6 Å². The van der Waals surface area contributed by atoms with Crippen LogP contribution < -0.4 is 10.6 Å². The van der Waals surface area contributed by atoms with E-state index >= 15 is 0 Å². The van der Waals surface area contributed by atoms with E-state index in [1.807, 2.05) is 24.1 Å². The van der Waals surface area contributed by atoms with Gasteiger partial charge in [-0.3, -0.25) is 0 Å². The fraction of sp³-hybridized carbons (Fsp3) is 0.647. The number of para-hydroxylation sites is 1. The van der Waals surface area contributed by atoms with Gasteiger partial charge in [-0.05, 0) is 49.3 Å². The van der Waals surface area contributed by atoms with Crippen LogP contribution in [0.4, 0.5) is 10.1 Å². The molecule has 0 saturated carbocycles. The molecule has 1 unspecified atom stereocenters. The number of anilines is 1. The van der Waals surface area contributed by atoms with Gasteiger partial charge >= 0.3 is 0 Å². The number of benzene rings is 1. The number of halogens is 1. The molecule has 3 heteroatoms. The van der Waals surface area contributed by atoms with Crippen molar-refractivity contribution < 1.29 is 4.39 Å². The van der Waals surface area contributed by atoms with E-state index in [4.69, 9.17) is 5.73 Å². The molecule has 0 bridgehead atoms. The van der Waals surface area contributed by atoms with E-state index in [1.54, 1.807) is 6.07 Å². The summed E-state index contributed by atoms with van der Waals surface area (Å²) >= 11 is 0. The van der Waals surface area contributed by atoms with Crippen molar-refractivity contribution in [3.8, 4) is 0 Å². The van der Waals surface area contributed by atoms with E-state index in [1.165, 1.54) is 6.07 Å². The first kappa shape index (κ1) is 17.0. The lowest BCUT2D eigenvalue weighted by Gasteiger charge is -2.31. The molecule has 0 aliphatic heterocycles. The third-order valence-electron chi connectivity index (χ3n) is 4.05. The highest BCUT2D eigenvalue weighted by molar-refractivity contribution is 5.46. The highest BCUT2D eigenvalue weighted by atomic mass is 19.1. The lowest BCUT2D eigenvalue weighted by Crippen LogP contribution is -2.26. The molecule has 0 saturated heterocycles. The standard InChI is InChI=1S/C17H29FN2/c1-17(2,3)14(11-12-19)8-7-13-20(4)16-10-6-5-9-15(16)18/h5-6,9-10,14H,7-8,11-13,19H2,1-4H3. The third-order valence-corrected chi connectivity index (χ3v) is 4.05. The average Bonchev–Trinajstić information content (AvgIpc) is 2.37. The summed E-state index contributed by atoms with van der Waals surface area (Å²) in [4.78, 5) is 2.00. The van der Waals surface area contributed by atoms with Crippen LogP contribution in [0.25, 0.3) is 0 Å². The van der Waals surface area contributed by atoms with Crippen molar-refractivity contribution in [3.05, 3.63) is 30.1 Å². The molecule has 0 aromatic heterocycles. The van der Waals surface area contributed by atoms with Crippen LogP contribution in [0.1, 0.15) is 40.0 Å². The molecule has 1 aromatic carbocycles. The fourth-order valence-electron chi connectivity index (χ4n) is 2.67. The Bertz CT molecular complexity index is 398. The second-order valence-electron chi connectivity index (χ2n) is 6.66. The van der Waals surface area contributed by atoms with E-state index < -0.39 is 0 Å². The van der Waals surface area contributed by atoms with Gasteiger partial charge in [0.15, 0.2) is 0 Å². The molecule has 0 aliphatic rings. The highest BCUT2D eigenvalue weighted by Gasteiger charge is 2.23. The first-order chi connectivity index (χ1) is 9.36. The molecule has 0 fully saturated rings. The van der Waals surface area contributed by atoms with Crippen LogP contribution in [0.15, 0.2) is 24.3 Å². The van der Waals surface area contributed by atoms with Gasteiger partial charge in [-0.1, -0.05) is 32.9 Å². The van der Waals surface area contributed by atoms with Crippen molar-refractivity contribution >= 4 is 5.69 Å². The summed E-state index contributed by atoms with van der Waals surface area (Å²) < 4.78 is 13.7. The Hall–Kier alpha value is -1.09. The van der Waals surface area contributed by atoms with Gasteiger partial charge in [0.1, 0.15) is 5.82 Å². The number of hydrogen-bond donors (Lipinski definition) is 1. The Morgan fingerprint density at radius 3 is 2.40 bits per heavy atom. The first-order valence-electron chi connectivity index (χ1n) is 7.52. The summed E-state index contributed by atoms with van der Waals surface area (Å²) in [7, 11) is 1.95. The summed E-state index contributed by atoms with van der Waals surface area (Å²) in [6, 6.07) is 6.94. The molecule has 1 rings (SSSR count). The highest BCUT2D eigenvalue weighted by Crippen LogP contribution is 2.32. The van der Waals surface area contributed by atoms with Gasteiger partial charge in [0.25, 0.3) is 0 Å². The molecule has 20 heavy (non-hydrogen) atoms. The minimum Gasteiger partial charge on any atom is -0.372 e. The molecule has 2 N–H and O–H groups in total. The van der Waals surface area contributed by atoms with Gasteiger partial charge in [0.2, 0.25) is 0 Å². The van der Waals surface area contributed by atoms with Crippen LogP contribution in [-0.2, 0) is 0 Å². The Kier molecular flexibility index (Phi) is 6.47. The van der Waals surface area contributed by atoms with Gasteiger partial charge in [0, 0.05) is 13.6 Å². The van der Waals surface area contributed by atoms with Crippen molar-refractivity contribution in [2.24, 2.45) is 17.1 Å². The van der Waals surface area contributed by atoms with E-state index in [9.17, 15) is 4.39 Å². The van der Waals surface area contributed by atoms with Crippen molar-refractivity contribution in [2.45, 2.75) is 40.0 Å². The Morgan fingerprint density at radius 1 is 1.20 bits per heavy atom. The molecular formula is C17H29FN2. The monoisotopic (exact) mass is 280 g/mol. The minimum atomic E-state index is -0.149. The molecule has 0 aliphatic carbocycles. The Balaban J connectivity index is 2.49. The molecule has 1 aromatic rings. The van der Waals surface area contributed by atoms with Crippen molar-refractivity contribution in [1.29, 1.82) is 0 Å². The molecule has 2 nitrogen and oxygen atoms in total. The maximum Gasteiger partial charge on any atom is 0.146 e. The minimum absolute atomic E-state index is 0.149. The molecule has 114 valence electrons. The van der Waals surface area contributed by atoms with Crippen LogP contribution in [0.2, 0.25) is 0 Å². The number of nitrogens with two attached hydrogens (primary N) is 1. The average molecular weight is 280 g/mol. The van der Waals surface area contributed by atoms with Gasteiger partial charge in [-0.2, -0.15) is 0 Å². The van der Waals surface area contributed by atoms with E-state index in [2.05, 4.69) is 20.8 Å². The maximum atomic E-state index is 13.7. The van der Waals surface area contributed by atoms with Gasteiger partial charge in [-0.25, -0.2) is 4.39 Å². The largest absolute Gasteiger partial charge is 0.372 e. The van der Waals surface area contributed by atoms with Crippen LogP contribution in [0.5, 0.6) is 0 Å². The topological polar surface area (TPSA) is 29.3 Å². The fourth-order valence-corrected chi connectivity index (χ4v) is 2.67. The van der Waals surface area contributed by atoms with Crippen LogP contribution in [-0.4, -0.2) is 20.1 Å². The first-order valence-corrected chi connectivity index (χ1v) is 7.52. The lowest BCUT2D eigenvalue weighted by atomic mass is 9.76. The maximum absolute atomic E-state index is 13.7. The Labute approximate surface area is 123 Å². The molecule has 0 spiro atoms. The second kappa shape index (κ2) is 7.63. The van der Waals surface area contributed by atoms with Crippen LogP contribution in [0, 0.1) is 17.2 Å². The summed E-state index contributed by atoms with van der Waals surface area (Å²) in [5, 5.41) is 0. The SMILES string of the molecule is CN(CCCC(CCN)C(C)(C)C)c1ccccc1F. The zero-order valence-corrected chi connectivity index (χ0v) is 13.3. The predicted octanol–water partition coefficient (Wildman–Crippen LogP) is 4.05. The van der Waals surface area contributed by atoms with E-state index in [0.717, 1.165) is 32.4 Å². The predicted molar refractivity (Wildman–Crippen MR) is 85.5 cm³/mol. The quantitative estimate of drug-likeness (QED) is 0.816.